The largest absolute Gasteiger partial charge is 0.325 e. The predicted molar refractivity (Wildman–Crippen MR) is 79.1 cm³/mol. The highest BCUT2D eigenvalue weighted by atomic mass is 32.2. The summed E-state index contributed by atoms with van der Waals surface area (Å²) in [5.74, 6) is -0.171. The van der Waals surface area contributed by atoms with E-state index in [1.807, 2.05) is 31.2 Å². The Morgan fingerprint density at radius 1 is 1.30 bits per heavy atom. The molecule has 6 heteroatoms. The Balaban J connectivity index is 1.90. The quantitative estimate of drug-likeness (QED) is 0.806. The van der Waals surface area contributed by atoms with Crippen molar-refractivity contribution >= 4 is 21.6 Å². The number of carbonyl (C=O) groups excluding carboxylic acids is 1. The normalized spacial score (nSPS) is 17.9. The molecule has 0 radical (unpaired) electrons. The second-order valence-electron chi connectivity index (χ2n) is 4.98. The number of rotatable bonds is 7. The summed E-state index contributed by atoms with van der Waals surface area (Å²) < 4.78 is 25.9. The van der Waals surface area contributed by atoms with Crippen LogP contribution in [0.15, 0.2) is 24.3 Å². The molecule has 0 bridgehead atoms. The highest BCUT2D eigenvalue weighted by Gasteiger charge is 2.29. The van der Waals surface area contributed by atoms with Gasteiger partial charge in [-0.25, -0.2) is 13.1 Å². The van der Waals surface area contributed by atoms with Gasteiger partial charge in [-0.2, -0.15) is 0 Å². The summed E-state index contributed by atoms with van der Waals surface area (Å²) in [6, 6.07) is 7.52. The minimum atomic E-state index is -3.21. The molecule has 0 aromatic heterocycles. The number of anilines is 1. The third kappa shape index (κ3) is 3.58. The third-order valence-electron chi connectivity index (χ3n) is 3.43. The highest BCUT2D eigenvalue weighted by Crippen LogP contribution is 2.33. The van der Waals surface area contributed by atoms with E-state index in [1.165, 1.54) is 0 Å². The van der Waals surface area contributed by atoms with E-state index in [-0.39, 0.29) is 17.6 Å². The predicted octanol–water partition coefficient (Wildman–Crippen LogP) is 1.83. The molecule has 2 N–H and O–H groups in total. The van der Waals surface area contributed by atoms with Crippen LogP contribution in [0.4, 0.5) is 5.69 Å². The molecule has 5 nitrogen and oxygen atoms in total. The number of benzene rings is 1. The van der Waals surface area contributed by atoms with E-state index < -0.39 is 10.0 Å². The lowest BCUT2D eigenvalue weighted by Crippen LogP contribution is -2.29. The molecule has 20 heavy (non-hydrogen) atoms. The summed E-state index contributed by atoms with van der Waals surface area (Å²) in [5.41, 5.74) is 1.78. The molecule has 0 spiro atoms. The van der Waals surface area contributed by atoms with Gasteiger partial charge in [-0.3, -0.25) is 4.79 Å². The SMILES string of the molecule is CCCCS(=O)(=O)NCCC1C(=O)Nc2ccccc21. The summed E-state index contributed by atoms with van der Waals surface area (Å²) in [5, 5.41) is 2.81. The molecule has 1 aliphatic rings. The first kappa shape index (κ1) is 15.0. The topological polar surface area (TPSA) is 75.3 Å². The molecule has 0 aliphatic carbocycles. The Kier molecular flexibility index (Phi) is 4.77. The van der Waals surface area contributed by atoms with Gasteiger partial charge >= 0.3 is 0 Å². The lowest BCUT2D eigenvalue weighted by molar-refractivity contribution is -0.117. The van der Waals surface area contributed by atoms with Crippen LogP contribution in [-0.2, 0) is 14.8 Å². The fourth-order valence-corrected chi connectivity index (χ4v) is 3.57. The molecule has 1 amide bonds. The van der Waals surface area contributed by atoms with Gasteiger partial charge in [-0.15, -0.1) is 0 Å². The van der Waals surface area contributed by atoms with Gasteiger partial charge in [0.1, 0.15) is 0 Å². The molecule has 1 aromatic rings. The summed E-state index contributed by atoms with van der Waals surface area (Å²) in [6.45, 7) is 2.24. The zero-order valence-electron chi connectivity index (χ0n) is 11.6. The number of hydrogen-bond acceptors (Lipinski definition) is 3. The van der Waals surface area contributed by atoms with Gasteiger partial charge in [0.05, 0.1) is 11.7 Å². The van der Waals surface area contributed by atoms with Crippen molar-refractivity contribution in [3.63, 3.8) is 0 Å². The summed E-state index contributed by atoms with van der Waals surface area (Å²) in [6.07, 6.45) is 1.98. The lowest BCUT2D eigenvalue weighted by atomic mass is 9.97. The van der Waals surface area contributed by atoms with Crippen molar-refractivity contribution in [2.24, 2.45) is 0 Å². The van der Waals surface area contributed by atoms with E-state index in [0.29, 0.717) is 19.4 Å². The minimum absolute atomic E-state index is 0.0565. The van der Waals surface area contributed by atoms with Crippen molar-refractivity contribution in [2.75, 3.05) is 17.6 Å². The van der Waals surface area contributed by atoms with Crippen molar-refractivity contribution in [1.82, 2.24) is 4.72 Å². The average molecular weight is 296 g/mol. The van der Waals surface area contributed by atoms with Crippen LogP contribution in [0.1, 0.15) is 37.7 Å². The molecule has 0 fully saturated rings. The van der Waals surface area contributed by atoms with Crippen LogP contribution in [-0.4, -0.2) is 26.6 Å². The van der Waals surface area contributed by atoms with Gasteiger partial charge < -0.3 is 5.32 Å². The molecule has 1 atom stereocenters. The lowest BCUT2D eigenvalue weighted by Gasteiger charge is -2.10. The Hall–Kier alpha value is -1.40. The van der Waals surface area contributed by atoms with E-state index in [4.69, 9.17) is 0 Å². The van der Waals surface area contributed by atoms with Gasteiger partial charge in [0.2, 0.25) is 15.9 Å². The second-order valence-corrected chi connectivity index (χ2v) is 6.91. The van der Waals surface area contributed by atoms with Gasteiger partial charge in [0.25, 0.3) is 0 Å². The van der Waals surface area contributed by atoms with E-state index in [1.54, 1.807) is 0 Å². The number of unbranched alkanes of at least 4 members (excludes halogenated alkanes) is 1. The fraction of sp³-hybridized carbons (Fsp3) is 0.500. The number of carbonyl (C=O) groups is 1. The average Bonchev–Trinajstić information content (AvgIpc) is 2.73. The Bertz CT molecular complexity index is 584. The first-order valence-electron chi connectivity index (χ1n) is 6.90. The smallest absolute Gasteiger partial charge is 0.232 e. The van der Waals surface area contributed by atoms with Crippen LogP contribution in [0, 0.1) is 0 Å². The molecular formula is C14H20N2O3S. The van der Waals surface area contributed by atoms with Gasteiger partial charge in [0, 0.05) is 12.2 Å². The molecule has 1 aliphatic heterocycles. The molecule has 1 heterocycles. The van der Waals surface area contributed by atoms with Crippen molar-refractivity contribution in [3.05, 3.63) is 29.8 Å². The van der Waals surface area contributed by atoms with Crippen LogP contribution >= 0.6 is 0 Å². The van der Waals surface area contributed by atoms with E-state index >= 15 is 0 Å². The number of amides is 1. The molecule has 1 aromatic carbocycles. The number of fused-ring (bicyclic) bond motifs is 1. The maximum atomic E-state index is 11.9. The number of hydrogen-bond donors (Lipinski definition) is 2. The summed E-state index contributed by atoms with van der Waals surface area (Å²) in [7, 11) is -3.21. The Labute approximate surface area is 119 Å². The Morgan fingerprint density at radius 3 is 2.80 bits per heavy atom. The maximum Gasteiger partial charge on any atom is 0.232 e. The monoisotopic (exact) mass is 296 g/mol. The first-order chi connectivity index (χ1) is 9.53. The fourth-order valence-electron chi connectivity index (χ4n) is 2.33. The van der Waals surface area contributed by atoms with Crippen molar-refractivity contribution < 1.29 is 13.2 Å². The molecule has 1 unspecified atom stereocenters. The molecule has 110 valence electrons. The van der Waals surface area contributed by atoms with E-state index in [2.05, 4.69) is 10.0 Å². The van der Waals surface area contributed by atoms with Gasteiger partial charge in [-0.1, -0.05) is 31.5 Å². The molecule has 0 saturated carbocycles. The van der Waals surface area contributed by atoms with Crippen LogP contribution in [0.25, 0.3) is 0 Å². The first-order valence-corrected chi connectivity index (χ1v) is 8.56. The van der Waals surface area contributed by atoms with Crippen molar-refractivity contribution in [3.8, 4) is 0 Å². The minimum Gasteiger partial charge on any atom is -0.325 e. The van der Waals surface area contributed by atoms with Crippen LogP contribution in [0.5, 0.6) is 0 Å². The van der Waals surface area contributed by atoms with Crippen molar-refractivity contribution in [2.45, 2.75) is 32.1 Å². The number of nitrogens with one attached hydrogen (secondary N) is 2. The number of sulfonamides is 1. The summed E-state index contributed by atoms with van der Waals surface area (Å²) in [4.78, 5) is 11.9. The standard InChI is InChI=1S/C14H20N2O3S/c1-2-3-10-20(18,19)15-9-8-12-11-6-4-5-7-13(11)16-14(12)17/h4-7,12,15H,2-3,8-10H2,1H3,(H,16,17). The van der Waals surface area contributed by atoms with Gasteiger partial charge in [0.15, 0.2) is 0 Å². The van der Waals surface area contributed by atoms with Crippen LogP contribution in [0.2, 0.25) is 0 Å². The second kappa shape index (κ2) is 6.37. The zero-order valence-corrected chi connectivity index (χ0v) is 12.4. The zero-order chi connectivity index (χ0) is 14.6. The highest BCUT2D eigenvalue weighted by molar-refractivity contribution is 7.89. The van der Waals surface area contributed by atoms with E-state index in [0.717, 1.165) is 17.7 Å². The van der Waals surface area contributed by atoms with E-state index in [9.17, 15) is 13.2 Å². The number of para-hydroxylation sites is 1. The third-order valence-corrected chi connectivity index (χ3v) is 4.90. The maximum absolute atomic E-state index is 11.9. The molecule has 2 rings (SSSR count). The molecule has 0 saturated heterocycles. The summed E-state index contributed by atoms with van der Waals surface area (Å²) >= 11 is 0. The van der Waals surface area contributed by atoms with Crippen LogP contribution < -0.4 is 10.0 Å². The van der Waals surface area contributed by atoms with Gasteiger partial charge in [-0.05, 0) is 24.5 Å². The molecular weight excluding hydrogens is 276 g/mol. The van der Waals surface area contributed by atoms with Crippen molar-refractivity contribution in [1.29, 1.82) is 0 Å². The van der Waals surface area contributed by atoms with Crippen LogP contribution in [0.3, 0.4) is 0 Å². The Morgan fingerprint density at radius 2 is 2.05 bits per heavy atom.